The summed E-state index contributed by atoms with van der Waals surface area (Å²) in [5.41, 5.74) is 2.71. The van der Waals surface area contributed by atoms with Gasteiger partial charge < -0.3 is 14.8 Å². The number of ether oxygens (including phenoxy) is 2. The Labute approximate surface area is 178 Å². The molecule has 0 spiro atoms. The fraction of sp³-hybridized carbons (Fsp3) is 0.130. The minimum Gasteiger partial charge on any atom is -0.493 e. The first kappa shape index (κ1) is 19.7. The summed E-state index contributed by atoms with van der Waals surface area (Å²) >= 11 is 1.41. The van der Waals surface area contributed by atoms with Gasteiger partial charge in [0.15, 0.2) is 11.5 Å². The molecule has 6 nitrogen and oxygen atoms in total. The van der Waals surface area contributed by atoms with Gasteiger partial charge in [-0.05, 0) is 48.2 Å². The van der Waals surface area contributed by atoms with Gasteiger partial charge in [-0.25, -0.2) is 4.90 Å². The molecule has 0 aliphatic carbocycles. The molecule has 0 fully saturated rings. The highest BCUT2D eigenvalue weighted by molar-refractivity contribution is 7.11. The monoisotopic (exact) mass is 420 g/mol. The molecule has 30 heavy (non-hydrogen) atoms. The summed E-state index contributed by atoms with van der Waals surface area (Å²) in [4.78, 5) is 28.6. The van der Waals surface area contributed by atoms with E-state index in [9.17, 15) is 9.59 Å². The molecule has 4 rings (SSSR count). The Kier molecular flexibility index (Phi) is 5.29. The van der Waals surface area contributed by atoms with E-state index < -0.39 is 5.91 Å². The summed E-state index contributed by atoms with van der Waals surface area (Å²) in [6, 6.07) is 16.3. The molecule has 152 valence electrons. The van der Waals surface area contributed by atoms with Crippen molar-refractivity contribution in [2.24, 2.45) is 0 Å². The molecule has 1 aromatic heterocycles. The third kappa shape index (κ3) is 3.44. The van der Waals surface area contributed by atoms with Crippen LogP contribution in [0.4, 0.5) is 11.4 Å². The highest BCUT2D eigenvalue weighted by atomic mass is 32.1. The molecule has 0 radical (unpaired) electrons. The van der Waals surface area contributed by atoms with Gasteiger partial charge in [-0.1, -0.05) is 18.2 Å². The molecule has 2 amide bonds. The molecular weight excluding hydrogens is 400 g/mol. The number of hydrogen-bond acceptors (Lipinski definition) is 6. The average Bonchev–Trinajstić information content (AvgIpc) is 3.34. The number of thiophene rings is 1. The lowest BCUT2D eigenvalue weighted by molar-refractivity contribution is -0.120. The number of hydrogen-bond donors (Lipinski definition) is 1. The minimum atomic E-state index is -0.399. The van der Waals surface area contributed by atoms with Gasteiger partial charge in [0, 0.05) is 16.6 Å². The first-order valence-electron chi connectivity index (χ1n) is 9.26. The number of benzene rings is 2. The van der Waals surface area contributed by atoms with Crippen LogP contribution in [-0.4, -0.2) is 26.0 Å². The predicted molar refractivity (Wildman–Crippen MR) is 118 cm³/mol. The van der Waals surface area contributed by atoms with E-state index in [-0.39, 0.29) is 11.6 Å². The number of rotatable bonds is 6. The first-order valence-corrected chi connectivity index (χ1v) is 10.1. The van der Waals surface area contributed by atoms with Crippen LogP contribution in [0.3, 0.4) is 0 Å². The predicted octanol–water partition coefficient (Wildman–Crippen LogP) is 4.47. The molecule has 0 unspecified atom stereocenters. The largest absolute Gasteiger partial charge is 0.493 e. The molecule has 1 aliphatic rings. The summed E-state index contributed by atoms with van der Waals surface area (Å²) in [6.45, 7) is 1.92. The van der Waals surface area contributed by atoms with Gasteiger partial charge in [0.05, 0.1) is 25.5 Å². The van der Waals surface area contributed by atoms with Crippen LogP contribution in [0.5, 0.6) is 11.5 Å². The Balaban J connectivity index is 1.78. The maximum Gasteiger partial charge on any atom is 0.282 e. The maximum atomic E-state index is 13.3. The minimum absolute atomic E-state index is 0.233. The average molecular weight is 420 g/mol. The molecule has 0 atom stereocenters. The molecule has 0 saturated carbocycles. The van der Waals surface area contributed by atoms with Crippen molar-refractivity contribution in [1.82, 2.24) is 0 Å². The van der Waals surface area contributed by atoms with Gasteiger partial charge in [-0.15, -0.1) is 11.3 Å². The second kappa shape index (κ2) is 8.04. The van der Waals surface area contributed by atoms with Crippen LogP contribution in [0.15, 0.2) is 65.7 Å². The van der Waals surface area contributed by atoms with E-state index in [1.807, 2.05) is 42.6 Å². The highest BCUT2D eigenvalue weighted by Crippen LogP contribution is 2.37. The Morgan fingerprint density at radius 1 is 0.900 bits per heavy atom. The number of carbonyl (C=O) groups is 2. The van der Waals surface area contributed by atoms with Gasteiger partial charge in [-0.2, -0.15) is 0 Å². The van der Waals surface area contributed by atoms with E-state index in [0.717, 1.165) is 10.4 Å². The topological polar surface area (TPSA) is 67.9 Å². The van der Waals surface area contributed by atoms with Crippen molar-refractivity contribution in [3.8, 4) is 11.5 Å². The molecule has 2 heterocycles. The van der Waals surface area contributed by atoms with Crippen LogP contribution >= 0.6 is 11.3 Å². The zero-order valence-electron chi connectivity index (χ0n) is 16.8. The zero-order chi connectivity index (χ0) is 21.3. The lowest BCUT2D eigenvalue weighted by atomic mass is 10.1. The van der Waals surface area contributed by atoms with E-state index in [4.69, 9.17) is 9.47 Å². The Morgan fingerprint density at radius 2 is 1.70 bits per heavy atom. The zero-order valence-corrected chi connectivity index (χ0v) is 17.6. The molecule has 0 bridgehead atoms. The summed E-state index contributed by atoms with van der Waals surface area (Å²) in [5.74, 6) is 0.346. The number of imide groups is 1. The van der Waals surface area contributed by atoms with Crippen molar-refractivity contribution in [1.29, 1.82) is 0 Å². The normalized spacial score (nSPS) is 13.8. The summed E-state index contributed by atoms with van der Waals surface area (Å²) in [5, 5.41) is 5.02. The van der Waals surface area contributed by atoms with E-state index in [0.29, 0.717) is 28.4 Å². The molecule has 1 N–H and O–H groups in total. The summed E-state index contributed by atoms with van der Waals surface area (Å²) < 4.78 is 10.6. The van der Waals surface area contributed by atoms with Crippen molar-refractivity contribution < 1.29 is 19.1 Å². The third-order valence-electron chi connectivity index (χ3n) is 4.76. The molecule has 1 aliphatic heterocycles. The standard InChI is InChI=1S/C23H20N2O4S/c1-14-6-4-7-16(12-14)25-22(26)20(19-8-5-11-30-19)21(23(25)27)24-15-9-10-17(28-2)18(13-15)29-3/h4-13,24H,1-3H3. The van der Waals surface area contributed by atoms with Crippen LogP contribution in [0.2, 0.25) is 0 Å². The Hall–Kier alpha value is -3.58. The third-order valence-corrected chi connectivity index (χ3v) is 5.65. The van der Waals surface area contributed by atoms with Crippen molar-refractivity contribution in [3.05, 3.63) is 76.1 Å². The van der Waals surface area contributed by atoms with E-state index in [1.54, 1.807) is 38.5 Å². The van der Waals surface area contributed by atoms with Crippen molar-refractivity contribution in [2.45, 2.75) is 6.92 Å². The molecule has 7 heteroatoms. The van der Waals surface area contributed by atoms with E-state index in [1.165, 1.54) is 16.2 Å². The number of carbonyl (C=O) groups excluding carboxylic acids is 2. The summed E-state index contributed by atoms with van der Waals surface area (Å²) in [6.07, 6.45) is 0. The van der Waals surface area contributed by atoms with Crippen molar-refractivity contribution >= 4 is 40.1 Å². The van der Waals surface area contributed by atoms with Crippen molar-refractivity contribution in [2.75, 3.05) is 24.4 Å². The van der Waals surface area contributed by atoms with Gasteiger partial charge in [0.1, 0.15) is 5.70 Å². The maximum absolute atomic E-state index is 13.3. The van der Waals surface area contributed by atoms with E-state index >= 15 is 0 Å². The Morgan fingerprint density at radius 3 is 2.37 bits per heavy atom. The van der Waals surface area contributed by atoms with E-state index in [2.05, 4.69) is 5.32 Å². The lowest BCUT2D eigenvalue weighted by Gasteiger charge is -2.16. The summed E-state index contributed by atoms with van der Waals surface area (Å²) in [7, 11) is 3.10. The number of anilines is 2. The van der Waals surface area contributed by atoms with Crippen LogP contribution in [0.25, 0.3) is 5.57 Å². The Bertz CT molecular complexity index is 1150. The molecule has 2 aromatic carbocycles. The van der Waals surface area contributed by atoms with Gasteiger partial charge in [0.2, 0.25) is 0 Å². The highest BCUT2D eigenvalue weighted by Gasteiger charge is 2.40. The molecule has 0 saturated heterocycles. The smallest absolute Gasteiger partial charge is 0.282 e. The van der Waals surface area contributed by atoms with Gasteiger partial charge in [-0.3, -0.25) is 9.59 Å². The lowest BCUT2D eigenvalue weighted by Crippen LogP contribution is -2.32. The fourth-order valence-corrected chi connectivity index (χ4v) is 4.12. The second-order valence-electron chi connectivity index (χ2n) is 6.71. The van der Waals surface area contributed by atoms with Crippen LogP contribution in [0, 0.1) is 6.92 Å². The number of aryl methyl sites for hydroxylation is 1. The van der Waals surface area contributed by atoms with Crippen LogP contribution < -0.4 is 19.7 Å². The number of nitrogens with one attached hydrogen (secondary N) is 1. The van der Waals surface area contributed by atoms with Crippen LogP contribution in [0.1, 0.15) is 10.4 Å². The number of methoxy groups -OCH3 is 2. The van der Waals surface area contributed by atoms with Gasteiger partial charge in [0.25, 0.3) is 11.8 Å². The number of nitrogens with zero attached hydrogens (tertiary/aromatic N) is 1. The number of amides is 2. The first-order chi connectivity index (χ1) is 14.5. The molecular formula is C23H20N2O4S. The van der Waals surface area contributed by atoms with Crippen molar-refractivity contribution in [3.63, 3.8) is 0 Å². The second-order valence-corrected chi connectivity index (χ2v) is 7.65. The fourth-order valence-electron chi connectivity index (χ4n) is 3.35. The molecule has 3 aromatic rings. The SMILES string of the molecule is COc1ccc(NC2=C(c3cccs3)C(=O)N(c3cccc(C)c3)C2=O)cc1OC. The van der Waals surface area contributed by atoms with Crippen LogP contribution in [-0.2, 0) is 9.59 Å². The quantitative estimate of drug-likeness (QED) is 0.596. The van der Waals surface area contributed by atoms with Gasteiger partial charge >= 0.3 is 0 Å².